The first-order valence-corrected chi connectivity index (χ1v) is 6.07. The SMILES string of the molecule is COc1ncc(N2C(=O)C(C)N(C)C2=O)cc1Br. The highest BCUT2D eigenvalue weighted by molar-refractivity contribution is 9.10. The summed E-state index contributed by atoms with van der Waals surface area (Å²) in [6.07, 6.45) is 1.44. The Kier molecular flexibility index (Phi) is 3.25. The third kappa shape index (κ3) is 1.84. The summed E-state index contributed by atoms with van der Waals surface area (Å²) < 4.78 is 5.59. The minimum Gasteiger partial charge on any atom is -0.480 e. The largest absolute Gasteiger partial charge is 0.480 e. The van der Waals surface area contributed by atoms with Gasteiger partial charge in [0.15, 0.2) is 0 Å². The molecule has 1 aromatic heterocycles. The van der Waals surface area contributed by atoms with Crippen molar-refractivity contribution in [1.82, 2.24) is 9.88 Å². The number of pyridine rings is 1. The first kappa shape index (κ1) is 12.8. The maximum atomic E-state index is 12.0. The van der Waals surface area contributed by atoms with Gasteiger partial charge in [0, 0.05) is 7.05 Å². The Balaban J connectivity index is 2.41. The number of hydrogen-bond donors (Lipinski definition) is 0. The van der Waals surface area contributed by atoms with Gasteiger partial charge in [-0.3, -0.25) is 4.79 Å². The summed E-state index contributed by atoms with van der Waals surface area (Å²) in [6.45, 7) is 1.69. The topological polar surface area (TPSA) is 62.7 Å². The predicted octanol–water partition coefficient (Wildman–Crippen LogP) is 1.64. The van der Waals surface area contributed by atoms with Crippen LogP contribution in [0.1, 0.15) is 6.92 Å². The molecule has 3 amide bonds. The number of aromatic nitrogens is 1. The molecule has 6 nitrogen and oxygen atoms in total. The van der Waals surface area contributed by atoms with Crippen molar-refractivity contribution >= 4 is 33.6 Å². The lowest BCUT2D eigenvalue weighted by Gasteiger charge is -2.14. The normalized spacial score (nSPS) is 19.7. The highest BCUT2D eigenvalue weighted by Gasteiger charge is 2.41. The van der Waals surface area contributed by atoms with Gasteiger partial charge >= 0.3 is 6.03 Å². The Morgan fingerprint density at radius 1 is 1.44 bits per heavy atom. The number of nitrogens with zero attached hydrogens (tertiary/aromatic N) is 3. The van der Waals surface area contributed by atoms with Crippen LogP contribution < -0.4 is 9.64 Å². The zero-order valence-corrected chi connectivity index (χ0v) is 11.8. The van der Waals surface area contributed by atoms with E-state index < -0.39 is 6.04 Å². The second-order valence-electron chi connectivity index (χ2n) is 3.93. The monoisotopic (exact) mass is 313 g/mol. The lowest BCUT2D eigenvalue weighted by atomic mass is 10.3. The van der Waals surface area contributed by atoms with E-state index in [1.807, 2.05) is 0 Å². The molecule has 1 unspecified atom stereocenters. The average Bonchev–Trinajstić information content (AvgIpc) is 2.54. The van der Waals surface area contributed by atoms with Gasteiger partial charge in [0.2, 0.25) is 5.88 Å². The highest BCUT2D eigenvalue weighted by Crippen LogP contribution is 2.30. The number of likely N-dealkylation sites (N-methyl/N-ethyl adjacent to an activating group) is 1. The molecule has 1 aliphatic rings. The Hall–Kier alpha value is -1.63. The second kappa shape index (κ2) is 4.56. The minimum atomic E-state index is -0.460. The molecule has 2 rings (SSSR count). The third-order valence-electron chi connectivity index (χ3n) is 2.90. The number of anilines is 1. The zero-order valence-electron chi connectivity index (χ0n) is 10.2. The van der Waals surface area contributed by atoms with Gasteiger partial charge in [-0.05, 0) is 28.9 Å². The molecule has 2 heterocycles. The van der Waals surface area contributed by atoms with E-state index >= 15 is 0 Å². The molecule has 0 N–H and O–H groups in total. The maximum Gasteiger partial charge on any atom is 0.331 e. The molecule has 0 bridgehead atoms. The van der Waals surface area contributed by atoms with Gasteiger partial charge in [0.25, 0.3) is 5.91 Å². The minimum absolute atomic E-state index is 0.263. The predicted molar refractivity (Wildman–Crippen MR) is 68.6 cm³/mol. The Morgan fingerprint density at radius 2 is 2.11 bits per heavy atom. The van der Waals surface area contributed by atoms with Crippen molar-refractivity contribution in [1.29, 1.82) is 0 Å². The highest BCUT2D eigenvalue weighted by atomic mass is 79.9. The van der Waals surface area contributed by atoms with E-state index in [9.17, 15) is 9.59 Å². The van der Waals surface area contributed by atoms with E-state index in [2.05, 4.69) is 20.9 Å². The number of imide groups is 1. The number of rotatable bonds is 2. The number of halogens is 1. The molecule has 18 heavy (non-hydrogen) atoms. The van der Waals surface area contributed by atoms with Crippen LogP contribution in [0.5, 0.6) is 5.88 Å². The lowest BCUT2D eigenvalue weighted by Crippen LogP contribution is -2.31. The lowest BCUT2D eigenvalue weighted by molar-refractivity contribution is -0.119. The molecule has 1 aromatic rings. The van der Waals surface area contributed by atoms with Gasteiger partial charge in [0.05, 0.1) is 23.5 Å². The molecule has 1 fully saturated rings. The number of ether oxygens (including phenoxy) is 1. The van der Waals surface area contributed by atoms with Crippen molar-refractivity contribution in [3.05, 3.63) is 16.7 Å². The Bertz CT molecular complexity index is 500. The first-order valence-electron chi connectivity index (χ1n) is 5.27. The van der Waals surface area contributed by atoms with Gasteiger partial charge in [-0.1, -0.05) is 0 Å². The van der Waals surface area contributed by atoms with E-state index in [0.717, 1.165) is 4.90 Å². The fraction of sp³-hybridized carbons (Fsp3) is 0.364. The van der Waals surface area contributed by atoms with E-state index in [1.165, 1.54) is 18.2 Å². The molecule has 0 aromatic carbocycles. The number of carbonyl (C=O) groups is 2. The zero-order chi connectivity index (χ0) is 13.4. The van der Waals surface area contributed by atoms with Crippen LogP contribution >= 0.6 is 15.9 Å². The summed E-state index contributed by atoms with van der Waals surface area (Å²) in [4.78, 5) is 30.5. The molecule has 7 heteroatoms. The number of amides is 3. The van der Waals surface area contributed by atoms with Gasteiger partial charge in [-0.25, -0.2) is 14.7 Å². The van der Waals surface area contributed by atoms with Crippen LogP contribution in [-0.2, 0) is 4.79 Å². The van der Waals surface area contributed by atoms with Crippen LogP contribution in [0.4, 0.5) is 10.5 Å². The number of urea groups is 1. The number of carbonyl (C=O) groups excluding carboxylic acids is 2. The van der Waals surface area contributed by atoms with Crippen molar-refractivity contribution in [2.45, 2.75) is 13.0 Å². The van der Waals surface area contributed by atoms with Gasteiger partial charge in [-0.2, -0.15) is 0 Å². The molecule has 0 saturated carbocycles. The summed E-state index contributed by atoms with van der Waals surface area (Å²) in [5, 5.41) is 0. The molecular weight excluding hydrogens is 302 g/mol. The van der Waals surface area contributed by atoms with Crippen LogP contribution in [0.3, 0.4) is 0 Å². The molecule has 1 atom stereocenters. The Labute approximate surface area is 113 Å². The van der Waals surface area contributed by atoms with Crippen molar-refractivity contribution in [3.8, 4) is 5.88 Å². The van der Waals surface area contributed by atoms with E-state index in [4.69, 9.17) is 4.74 Å². The number of hydrogen-bond acceptors (Lipinski definition) is 4. The molecule has 1 saturated heterocycles. The smallest absolute Gasteiger partial charge is 0.331 e. The fourth-order valence-electron chi connectivity index (χ4n) is 1.70. The van der Waals surface area contributed by atoms with Crippen LogP contribution in [-0.4, -0.2) is 42.0 Å². The summed E-state index contributed by atoms with van der Waals surface area (Å²) in [6, 6.07) is 0.817. The molecular formula is C11H12BrN3O3. The summed E-state index contributed by atoms with van der Waals surface area (Å²) in [5.41, 5.74) is 0.425. The van der Waals surface area contributed by atoms with Crippen molar-refractivity contribution in [2.75, 3.05) is 19.1 Å². The van der Waals surface area contributed by atoms with Crippen LogP contribution in [0, 0.1) is 0 Å². The van der Waals surface area contributed by atoms with Crippen LogP contribution in [0.25, 0.3) is 0 Å². The number of methoxy groups -OCH3 is 1. The van der Waals surface area contributed by atoms with Crippen molar-refractivity contribution in [2.24, 2.45) is 0 Å². The van der Waals surface area contributed by atoms with E-state index in [-0.39, 0.29) is 11.9 Å². The maximum absolute atomic E-state index is 12.0. The van der Waals surface area contributed by atoms with E-state index in [0.29, 0.717) is 16.0 Å². The Morgan fingerprint density at radius 3 is 2.56 bits per heavy atom. The summed E-state index contributed by atoms with van der Waals surface area (Å²) in [7, 11) is 3.09. The van der Waals surface area contributed by atoms with Crippen molar-refractivity contribution in [3.63, 3.8) is 0 Å². The second-order valence-corrected chi connectivity index (χ2v) is 4.78. The van der Waals surface area contributed by atoms with Gasteiger partial charge < -0.3 is 9.64 Å². The average molecular weight is 314 g/mol. The van der Waals surface area contributed by atoms with Crippen molar-refractivity contribution < 1.29 is 14.3 Å². The van der Waals surface area contributed by atoms with Gasteiger partial charge in [-0.15, -0.1) is 0 Å². The van der Waals surface area contributed by atoms with Crippen LogP contribution in [0.15, 0.2) is 16.7 Å². The summed E-state index contributed by atoms with van der Waals surface area (Å²) in [5.74, 6) is 0.139. The third-order valence-corrected chi connectivity index (χ3v) is 3.46. The van der Waals surface area contributed by atoms with Gasteiger partial charge in [0.1, 0.15) is 6.04 Å². The first-order chi connectivity index (χ1) is 8.47. The fourth-order valence-corrected chi connectivity index (χ4v) is 2.19. The molecule has 0 spiro atoms. The quantitative estimate of drug-likeness (QED) is 0.779. The molecule has 1 aliphatic heterocycles. The van der Waals surface area contributed by atoms with E-state index in [1.54, 1.807) is 20.0 Å². The molecule has 0 radical (unpaired) electrons. The standard InChI is InChI=1S/C11H12BrN3O3/c1-6-10(16)15(11(17)14(6)2)7-4-8(12)9(18-3)13-5-7/h4-6H,1-3H3. The molecule has 96 valence electrons. The van der Waals surface area contributed by atoms with Crippen LogP contribution in [0.2, 0.25) is 0 Å². The molecule has 0 aliphatic carbocycles. The summed E-state index contributed by atoms with van der Waals surface area (Å²) >= 11 is 3.27.